The number of hydrogen-bond donors (Lipinski definition) is 0. The van der Waals surface area contributed by atoms with Crippen molar-refractivity contribution < 1.29 is 4.74 Å². The average Bonchev–Trinajstić information content (AvgIpc) is 2.54. The number of ether oxygens (including phenoxy) is 1. The first kappa shape index (κ1) is 15.6. The first-order valence-corrected chi connectivity index (χ1v) is 8.59. The third-order valence-corrected chi connectivity index (χ3v) is 5.07. The van der Waals surface area contributed by atoms with Crippen LogP contribution in [0.15, 0.2) is 60.7 Å². The molecule has 120 valence electrons. The Labute approximate surface area is 151 Å². The SMILES string of the molecule is CC1(C)c2ccccc2Oc2ccc(-c3cc(Cl)cc(Cl)c3)cc21. The standard InChI is InChI=1S/C21H16Cl2O/c1-21(2)17-5-3-4-6-19(17)24-20-8-7-13(11-18(20)21)14-9-15(22)12-16(23)10-14/h3-12H,1-2H3. The highest BCUT2D eigenvalue weighted by atomic mass is 35.5. The molecule has 24 heavy (non-hydrogen) atoms. The zero-order chi connectivity index (χ0) is 16.9. The third-order valence-electron chi connectivity index (χ3n) is 4.63. The maximum atomic E-state index is 6.16. The number of fused-ring (bicyclic) bond motifs is 2. The molecular weight excluding hydrogens is 339 g/mol. The van der Waals surface area contributed by atoms with Crippen molar-refractivity contribution in [3.05, 3.63) is 81.8 Å². The quantitative estimate of drug-likeness (QED) is 0.453. The molecule has 3 heteroatoms. The lowest BCUT2D eigenvalue weighted by Gasteiger charge is -2.34. The molecule has 0 atom stereocenters. The Morgan fingerprint density at radius 1 is 0.708 bits per heavy atom. The summed E-state index contributed by atoms with van der Waals surface area (Å²) in [6, 6.07) is 20.0. The summed E-state index contributed by atoms with van der Waals surface area (Å²) >= 11 is 12.3. The van der Waals surface area contributed by atoms with Gasteiger partial charge in [-0.25, -0.2) is 0 Å². The topological polar surface area (TPSA) is 9.23 Å². The molecule has 1 nitrogen and oxygen atoms in total. The molecule has 0 radical (unpaired) electrons. The van der Waals surface area contributed by atoms with Gasteiger partial charge in [-0.05, 0) is 47.5 Å². The summed E-state index contributed by atoms with van der Waals surface area (Å²) in [6.07, 6.45) is 0. The van der Waals surface area contributed by atoms with Crippen molar-refractivity contribution in [3.63, 3.8) is 0 Å². The first-order valence-electron chi connectivity index (χ1n) is 7.83. The van der Waals surface area contributed by atoms with E-state index in [1.807, 2.05) is 36.4 Å². The summed E-state index contributed by atoms with van der Waals surface area (Å²) in [6.45, 7) is 4.45. The van der Waals surface area contributed by atoms with Gasteiger partial charge in [-0.2, -0.15) is 0 Å². The monoisotopic (exact) mass is 354 g/mol. The molecule has 0 bridgehead atoms. The molecule has 0 aliphatic carbocycles. The van der Waals surface area contributed by atoms with E-state index in [-0.39, 0.29) is 5.41 Å². The van der Waals surface area contributed by atoms with Crippen molar-refractivity contribution in [2.24, 2.45) is 0 Å². The zero-order valence-corrected chi connectivity index (χ0v) is 14.9. The predicted octanol–water partition coefficient (Wildman–Crippen LogP) is 7.09. The highest BCUT2D eigenvalue weighted by Gasteiger charge is 2.34. The highest BCUT2D eigenvalue weighted by molar-refractivity contribution is 6.35. The molecule has 1 aliphatic rings. The smallest absolute Gasteiger partial charge is 0.131 e. The lowest BCUT2D eigenvalue weighted by atomic mass is 9.75. The highest BCUT2D eigenvalue weighted by Crippen LogP contribution is 2.48. The van der Waals surface area contributed by atoms with E-state index in [4.69, 9.17) is 27.9 Å². The summed E-state index contributed by atoms with van der Waals surface area (Å²) in [5.74, 6) is 1.82. The number of para-hydroxylation sites is 1. The van der Waals surface area contributed by atoms with Crippen molar-refractivity contribution in [1.82, 2.24) is 0 Å². The lowest BCUT2D eigenvalue weighted by molar-refractivity contribution is 0.418. The van der Waals surface area contributed by atoms with Crippen LogP contribution >= 0.6 is 23.2 Å². The molecule has 0 saturated carbocycles. The second kappa shape index (κ2) is 5.54. The van der Waals surface area contributed by atoms with Crippen LogP contribution < -0.4 is 4.74 Å². The summed E-state index contributed by atoms with van der Waals surface area (Å²) in [5, 5.41) is 1.27. The Morgan fingerprint density at radius 3 is 2.12 bits per heavy atom. The fourth-order valence-corrected chi connectivity index (χ4v) is 3.87. The molecule has 1 heterocycles. The van der Waals surface area contributed by atoms with Crippen LogP contribution in [0.5, 0.6) is 11.5 Å². The maximum absolute atomic E-state index is 6.16. The van der Waals surface area contributed by atoms with E-state index in [2.05, 4.69) is 32.0 Å². The van der Waals surface area contributed by atoms with Crippen LogP contribution in [-0.2, 0) is 5.41 Å². The zero-order valence-electron chi connectivity index (χ0n) is 13.4. The summed E-state index contributed by atoms with van der Waals surface area (Å²) < 4.78 is 6.10. The Morgan fingerprint density at radius 2 is 1.38 bits per heavy atom. The molecule has 1 aliphatic heterocycles. The maximum Gasteiger partial charge on any atom is 0.131 e. The Balaban J connectivity index is 1.88. The molecule has 0 aromatic heterocycles. The van der Waals surface area contributed by atoms with Gasteiger partial charge in [-0.3, -0.25) is 0 Å². The third kappa shape index (κ3) is 2.49. The fraction of sp³-hybridized carbons (Fsp3) is 0.143. The Bertz CT molecular complexity index is 924. The van der Waals surface area contributed by atoms with Crippen LogP contribution in [0.25, 0.3) is 11.1 Å². The van der Waals surface area contributed by atoms with Crippen LogP contribution in [0.2, 0.25) is 10.0 Å². The second-order valence-corrected chi connectivity index (χ2v) is 7.47. The van der Waals surface area contributed by atoms with E-state index in [1.165, 1.54) is 5.56 Å². The van der Waals surface area contributed by atoms with Gasteiger partial charge in [0.2, 0.25) is 0 Å². The average molecular weight is 355 g/mol. The molecule has 0 saturated heterocycles. The predicted molar refractivity (Wildman–Crippen MR) is 101 cm³/mol. The van der Waals surface area contributed by atoms with E-state index in [1.54, 1.807) is 6.07 Å². The lowest BCUT2D eigenvalue weighted by Crippen LogP contribution is -2.24. The molecule has 0 N–H and O–H groups in total. The van der Waals surface area contributed by atoms with Gasteiger partial charge < -0.3 is 4.74 Å². The van der Waals surface area contributed by atoms with Crippen molar-refractivity contribution >= 4 is 23.2 Å². The summed E-state index contributed by atoms with van der Waals surface area (Å²) in [4.78, 5) is 0. The van der Waals surface area contributed by atoms with Crippen molar-refractivity contribution in [2.45, 2.75) is 19.3 Å². The second-order valence-electron chi connectivity index (χ2n) is 6.59. The molecule has 0 spiro atoms. The van der Waals surface area contributed by atoms with Crippen molar-refractivity contribution in [2.75, 3.05) is 0 Å². The number of benzene rings is 3. The number of rotatable bonds is 1. The van der Waals surface area contributed by atoms with Gasteiger partial charge in [0.25, 0.3) is 0 Å². The van der Waals surface area contributed by atoms with Gasteiger partial charge in [0.05, 0.1) is 0 Å². The molecule has 4 rings (SSSR count). The molecule has 0 fully saturated rings. The van der Waals surface area contributed by atoms with Crippen LogP contribution in [-0.4, -0.2) is 0 Å². The Kier molecular flexibility index (Phi) is 3.59. The van der Waals surface area contributed by atoms with Gasteiger partial charge in [0, 0.05) is 26.6 Å². The van der Waals surface area contributed by atoms with E-state index in [9.17, 15) is 0 Å². The van der Waals surface area contributed by atoms with Crippen LogP contribution in [0, 0.1) is 0 Å². The van der Waals surface area contributed by atoms with Crippen LogP contribution in [0.4, 0.5) is 0 Å². The van der Waals surface area contributed by atoms with Gasteiger partial charge in [0.1, 0.15) is 11.5 Å². The minimum Gasteiger partial charge on any atom is -0.457 e. The summed E-state index contributed by atoms with van der Waals surface area (Å²) in [7, 11) is 0. The minimum atomic E-state index is -0.136. The van der Waals surface area contributed by atoms with Crippen molar-refractivity contribution in [1.29, 1.82) is 0 Å². The van der Waals surface area contributed by atoms with Gasteiger partial charge in [-0.15, -0.1) is 0 Å². The van der Waals surface area contributed by atoms with E-state index in [0.29, 0.717) is 10.0 Å². The number of halogens is 2. The first-order chi connectivity index (χ1) is 11.4. The molecular formula is C21H16Cl2O. The largest absolute Gasteiger partial charge is 0.457 e. The molecule has 3 aromatic rings. The van der Waals surface area contributed by atoms with E-state index in [0.717, 1.165) is 28.2 Å². The molecule has 3 aromatic carbocycles. The Hall–Kier alpha value is -1.96. The minimum absolute atomic E-state index is 0.136. The van der Waals surface area contributed by atoms with E-state index >= 15 is 0 Å². The summed E-state index contributed by atoms with van der Waals surface area (Å²) in [5.41, 5.74) is 4.30. The molecule has 0 amide bonds. The van der Waals surface area contributed by atoms with Crippen LogP contribution in [0.1, 0.15) is 25.0 Å². The van der Waals surface area contributed by atoms with Crippen molar-refractivity contribution in [3.8, 4) is 22.6 Å². The van der Waals surface area contributed by atoms with Gasteiger partial charge in [0.15, 0.2) is 0 Å². The van der Waals surface area contributed by atoms with Crippen LogP contribution in [0.3, 0.4) is 0 Å². The number of hydrogen-bond acceptors (Lipinski definition) is 1. The normalized spacial score (nSPS) is 14.5. The molecule has 0 unspecified atom stereocenters. The van der Waals surface area contributed by atoms with Gasteiger partial charge in [-0.1, -0.05) is 61.3 Å². The van der Waals surface area contributed by atoms with E-state index < -0.39 is 0 Å². The fourth-order valence-electron chi connectivity index (χ4n) is 3.34. The van der Waals surface area contributed by atoms with Gasteiger partial charge >= 0.3 is 0 Å².